The van der Waals surface area contributed by atoms with E-state index in [9.17, 15) is 4.79 Å². The lowest BCUT2D eigenvalue weighted by Gasteiger charge is -2.12. The summed E-state index contributed by atoms with van der Waals surface area (Å²) in [5, 5.41) is 2.89. The van der Waals surface area contributed by atoms with Gasteiger partial charge in [-0.25, -0.2) is 4.98 Å². The number of methoxy groups -OCH3 is 1. The molecule has 0 spiro atoms. The van der Waals surface area contributed by atoms with Crippen LogP contribution >= 0.6 is 23.1 Å². The summed E-state index contributed by atoms with van der Waals surface area (Å²) in [4.78, 5) is 16.8. The van der Waals surface area contributed by atoms with Gasteiger partial charge < -0.3 is 14.8 Å². The summed E-state index contributed by atoms with van der Waals surface area (Å²) in [7, 11) is 1.59. The first-order valence-corrected chi connectivity index (χ1v) is 9.59. The van der Waals surface area contributed by atoms with E-state index in [1.807, 2.05) is 31.2 Å². The number of ether oxygens (including phenoxy) is 2. The van der Waals surface area contributed by atoms with Crippen LogP contribution in [-0.2, 0) is 4.79 Å². The van der Waals surface area contributed by atoms with Crippen LogP contribution in [0.3, 0.4) is 0 Å². The Labute approximate surface area is 154 Å². The molecule has 130 valence electrons. The summed E-state index contributed by atoms with van der Waals surface area (Å²) in [5.41, 5.74) is 1.57. The average molecular weight is 374 g/mol. The van der Waals surface area contributed by atoms with E-state index in [4.69, 9.17) is 9.47 Å². The third-order valence-electron chi connectivity index (χ3n) is 3.36. The SMILES string of the molecule is CCOc1ccc(OC)cc1NC(=O)CSc1nc2ccccc2s1. The van der Waals surface area contributed by atoms with Gasteiger partial charge in [0.25, 0.3) is 0 Å². The van der Waals surface area contributed by atoms with Crippen LogP contribution in [0.5, 0.6) is 11.5 Å². The number of anilines is 1. The number of amides is 1. The largest absolute Gasteiger partial charge is 0.497 e. The number of hydrogen-bond acceptors (Lipinski definition) is 6. The van der Waals surface area contributed by atoms with Crippen molar-refractivity contribution in [3.05, 3.63) is 42.5 Å². The highest BCUT2D eigenvalue weighted by molar-refractivity contribution is 8.01. The van der Waals surface area contributed by atoms with Crippen molar-refractivity contribution in [1.82, 2.24) is 4.98 Å². The Bertz CT molecular complexity index is 847. The number of thioether (sulfide) groups is 1. The summed E-state index contributed by atoms with van der Waals surface area (Å²) in [5.74, 6) is 1.46. The molecule has 7 heteroatoms. The molecule has 0 fully saturated rings. The first-order valence-electron chi connectivity index (χ1n) is 7.78. The fourth-order valence-corrected chi connectivity index (χ4v) is 4.11. The number of nitrogens with zero attached hydrogens (tertiary/aromatic N) is 1. The second-order valence-corrected chi connectivity index (χ2v) is 7.33. The molecule has 3 aromatic rings. The Morgan fingerprint density at radius 1 is 1.28 bits per heavy atom. The van der Waals surface area contributed by atoms with Crippen LogP contribution in [0, 0.1) is 0 Å². The number of para-hydroxylation sites is 1. The maximum atomic E-state index is 12.3. The standard InChI is InChI=1S/C18H18N2O3S2/c1-3-23-15-9-8-12(22-2)10-14(15)19-17(21)11-24-18-20-13-6-4-5-7-16(13)25-18/h4-10H,3,11H2,1-2H3,(H,19,21). The zero-order valence-electron chi connectivity index (χ0n) is 13.9. The number of hydrogen-bond donors (Lipinski definition) is 1. The topological polar surface area (TPSA) is 60.5 Å². The number of fused-ring (bicyclic) bond motifs is 1. The Hall–Kier alpha value is -2.25. The molecule has 0 bridgehead atoms. The summed E-state index contributed by atoms with van der Waals surface area (Å²) in [6, 6.07) is 13.3. The van der Waals surface area contributed by atoms with Gasteiger partial charge in [0.1, 0.15) is 11.5 Å². The van der Waals surface area contributed by atoms with Crippen LogP contribution in [0.15, 0.2) is 46.8 Å². The van der Waals surface area contributed by atoms with Gasteiger partial charge >= 0.3 is 0 Å². The first-order chi connectivity index (χ1) is 12.2. The molecule has 0 radical (unpaired) electrons. The van der Waals surface area contributed by atoms with Gasteiger partial charge in [0.05, 0.1) is 35.4 Å². The van der Waals surface area contributed by atoms with Crippen LogP contribution in [0.2, 0.25) is 0 Å². The lowest BCUT2D eigenvalue weighted by molar-refractivity contribution is -0.113. The second-order valence-electron chi connectivity index (χ2n) is 5.08. The number of aromatic nitrogens is 1. The third-order valence-corrected chi connectivity index (χ3v) is 5.54. The van der Waals surface area contributed by atoms with Crippen molar-refractivity contribution in [1.29, 1.82) is 0 Å². The van der Waals surface area contributed by atoms with Crippen molar-refractivity contribution in [3.8, 4) is 11.5 Å². The summed E-state index contributed by atoms with van der Waals surface area (Å²) >= 11 is 3.02. The zero-order chi connectivity index (χ0) is 17.6. The highest BCUT2D eigenvalue weighted by Crippen LogP contribution is 2.31. The molecule has 1 heterocycles. The van der Waals surface area contributed by atoms with E-state index in [-0.39, 0.29) is 11.7 Å². The van der Waals surface area contributed by atoms with Crippen LogP contribution in [0.1, 0.15) is 6.92 Å². The molecular formula is C18H18N2O3S2. The minimum atomic E-state index is -0.113. The monoisotopic (exact) mass is 374 g/mol. The maximum absolute atomic E-state index is 12.3. The van der Waals surface area contributed by atoms with Crippen molar-refractivity contribution < 1.29 is 14.3 Å². The fourth-order valence-electron chi connectivity index (χ4n) is 2.24. The van der Waals surface area contributed by atoms with Crippen LogP contribution in [-0.4, -0.2) is 30.4 Å². The molecule has 0 unspecified atom stereocenters. The summed E-state index contributed by atoms with van der Waals surface area (Å²) in [6.45, 7) is 2.43. The Kier molecular flexibility index (Phi) is 5.78. The fraction of sp³-hybridized carbons (Fsp3) is 0.222. The number of carbonyl (C=O) groups is 1. The van der Waals surface area contributed by atoms with Gasteiger partial charge in [-0.05, 0) is 31.2 Å². The van der Waals surface area contributed by atoms with E-state index >= 15 is 0 Å². The lowest BCUT2D eigenvalue weighted by Crippen LogP contribution is -2.15. The van der Waals surface area contributed by atoms with Gasteiger partial charge in [0.15, 0.2) is 4.34 Å². The summed E-state index contributed by atoms with van der Waals surface area (Å²) in [6.07, 6.45) is 0. The van der Waals surface area contributed by atoms with Gasteiger partial charge in [-0.15, -0.1) is 11.3 Å². The number of thiazole rings is 1. The smallest absolute Gasteiger partial charge is 0.234 e. The zero-order valence-corrected chi connectivity index (χ0v) is 15.6. The predicted molar refractivity (Wildman–Crippen MR) is 103 cm³/mol. The van der Waals surface area contributed by atoms with Gasteiger partial charge in [-0.1, -0.05) is 23.9 Å². The normalized spacial score (nSPS) is 10.6. The quantitative estimate of drug-likeness (QED) is 0.620. The summed E-state index contributed by atoms with van der Waals surface area (Å²) < 4.78 is 12.8. The molecule has 5 nitrogen and oxygen atoms in total. The second kappa shape index (κ2) is 8.22. The van der Waals surface area contributed by atoms with Crippen molar-refractivity contribution >= 4 is 44.9 Å². The molecular weight excluding hydrogens is 356 g/mol. The van der Waals surface area contributed by atoms with Crippen molar-refractivity contribution in [3.63, 3.8) is 0 Å². The number of carbonyl (C=O) groups excluding carboxylic acids is 1. The Balaban J connectivity index is 1.65. The Morgan fingerprint density at radius 2 is 2.12 bits per heavy atom. The van der Waals surface area contributed by atoms with E-state index in [1.54, 1.807) is 36.6 Å². The lowest BCUT2D eigenvalue weighted by atomic mass is 10.2. The van der Waals surface area contributed by atoms with Crippen molar-refractivity contribution in [2.24, 2.45) is 0 Å². The van der Waals surface area contributed by atoms with E-state index in [0.717, 1.165) is 14.6 Å². The van der Waals surface area contributed by atoms with E-state index < -0.39 is 0 Å². The molecule has 1 aromatic heterocycles. The van der Waals surface area contributed by atoms with Crippen LogP contribution < -0.4 is 14.8 Å². The highest BCUT2D eigenvalue weighted by atomic mass is 32.2. The number of rotatable bonds is 7. The van der Waals surface area contributed by atoms with Crippen molar-refractivity contribution in [2.75, 3.05) is 24.8 Å². The molecule has 0 saturated carbocycles. The molecule has 1 N–H and O–H groups in total. The van der Waals surface area contributed by atoms with E-state index in [0.29, 0.717) is 23.8 Å². The number of benzene rings is 2. The molecule has 0 saturated heterocycles. The minimum Gasteiger partial charge on any atom is -0.497 e. The van der Waals surface area contributed by atoms with Gasteiger partial charge in [-0.3, -0.25) is 4.79 Å². The number of nitrogens with one attached hydrogen (secondary N) is 1. The maximum Gasteiger partial charge on any atom is 0.234 e. The minimum absolute atomic E-state index is 0.113. The molecule has 0 aliphatic rings. The van der Waals surface area contributed by atoms with Crippen molar-refractivity contribution in [2.45, 2.75) is 11.3 Å². The molecule has 0 aliphatic carbocycles. The van der Waals surface area contributed by atoms with Gasteiger partial charge in [0, 0.05) is 6.07 Å². The van der Waals surface area contributed by atoms with Gasteiger partial charge in [0.2, 0.25) is 5.91 Å². The van der Waals surface area contributed by atoms with Crippen LogP contribution in [0.25, 0.3) is 10.2 Å². The van der Waals surface area contributed by atoms with E-state index in [1.165, 1.54) is 11.8 Å². The third kappa shape index (κ3) is 4.43. The molecule has 3 rings (SSSR count). The highest BCUT2D eigenvalue weighted by Gasteiger charge is 2.11. The predicted octanol–water partition coefficient (Wildman–Crippen LogP) is 4.43. The molecule has 25 heavy (non-hydrogen) atoms. The first kappa shape index (κ1) is 17.6. The van der Waals surface area contributed by atoms with Gasteiger partial charge in [-0.2, -0.15) is 0 Å². The Morgan fingerprint density at radius 3 is 2.88 bits per heavy atom. The molecule has 1 amide bonds. The average Bonchev–Trinajstić information content (AvgIpc) is 3.04. The molecule has 0 aliphatic heterocycles. The molecule has 2 aromatic carbocycles. The molecule has 0 atom stereocenters. The van der Waals surface area contributed by atoms with Crippen LogP contribution in [0.4, 0.5) is 5.69 Å². The van der Waals surface area contributed by atoms with E-state index in [2.05, 4.69) is 10.3 Å².